The summed E-state index contributed by atoms with van der Waals surface area (Å²) in [6.45, 7) is 8.48. The Morgan fingerprint density at radius 1 is 1.22 bits per heavy atom. The zero-order valence-electron chi connectivity index (χ0n) is 15.8. The van der Waals surface area contributed by atoms with E-state index in [0.717, 1.165) is 0 Å². The number of likely N-dealkylation sites (tertiary alicyclic amines) is 1. The molecule has 0 unspecified atom stereocenters. The van der Waals surface area contributed by atoms with Crippen molar-refractivity contribution in [1.82, 2.24) is 14.9 Å². The van der Waals surface area contributed by atoms with E-state index in [2.05, 4.69) is 16.6 Å². The highest BCUT2D eigenvalue weighted by molar-refractivity contribution is 7.89. The van der Waals surface area contributed by atoms with Crippen molar-refractivity contribution in [3.63, 3.8) is 0 Å². The number of nitrogens with one attached hydrogen (secondary N) is 2. The molecule has 0 aliphatic carbocycles. The number of sulfonamides is 1. The molecule has 7 nitrogen and oxygen atoms in total. The summed E-state index contributed by atoms with van der Waals surface area (Å²) in [5, 5.41) is 2.91. The van der Waals surface area contributed by atoms with Gasteiger partial charge in [-0.2, -0.15) is 0 Å². The van der Waals surface area contributed by atoms with Gasteiger partial charge in [-0.05, 0) is 51.0 Å². The van der Waals surface area contributed by atoms with Gasteiger partial charge >= 0.3 is 0 Å². The Morgan fingerprint density at radius 3 is 2.33 bits per heavy atom. The minimum atomic E-state index is -3.61. The molecule has 1 aromatic carbocycles. The van der Waals surface area contributed by atoms with E-state index in [4.69, 9.17) is 0 Å². The Bertz CT molecular complexity index is 780. The monoisotopic (exact) mass is 393 g/mol. The summed E-state index contributed by atoms with van der Waals surface area (Å²) in [5.74, 6) is -0.181. The van der Waals surface area contributed by atoms with Gasteiger partial charge in [-0.15, -0.1) is 6.58 Å². The van der Waals surface area contributed by atoms with Crippen LogP contribution in [0.4, 0.5) is 0 Å². The van der Waals surface area contributed by atoms with Gasteiger partial charge < -0.3 is 10.2 Å². The highest BCUT2D eigenvalue weighted by Crippen LogP contribution is 2.20. The first-order chi connectivity index (χ1) is 12.7. The van der Waals surface area contributed by atoms with Crippen molar-refractivity contribution in [2.75, 3.05) is 19.6 Å². The molecular weight excluding hydrogens is 366 g/mol. The lowest BCUT2D eigenvalue weighted by molar-refractivity contribution is -0.126. The third kappa shape index (κ3) is 5.64. The summed E-state index contributed by atoms with van der Waals surface area (Å²) in [6, 6.07) is 5.97. The van der Waals surface area contributed by atoms with Crippen LogP contribution in [0.15, 0.2) is 41.8 Å². The molecule has 2 N–H and O–H groups in total. The zero-order valence-corrected chi connectivity index (χ0v) is 16.6. The van der Waals surface area contributed by atoms with Crippen LogP contribution in [0.1, 0.15) is 37.0 Å². The fraction of sp³-hybridized carbons (Fsp3) is 0.474. The van der Waals surface area contributed by atoms with Crippen LogP contribution in [-0.2, 0) is 14.8 Å². The second kappa shape index (κ2) is 9.14. The third-order valence-corrected chi connectivity index (χ3v) is 5.85. The Hall–Kier alpha value is -2.19. The fourth-order valence-corrected chi connectivity index (χ4v) is 3.96. The molecule has 1 saturated heterocycles. The van der Waals surface area contributed by atoms with Gasteiger partial charge in [-0.1, -0.05) is 6.08 Å². The summed E-state index contributed by atoms with van der Waals surface area (Å²) in [6.07, 6.45) is 2.71. The minimum absolute atomic E-state index is 0.0404. The molecule has 1 aliphatic rings. The van der Waals surface area contributed by atoms with Crippen molar-refractivity contribution in [3.8, 4) is 0 Å². The number of benzene rings is 1. The first kappa shape index (κ1) is 21.1. The smallest absolute Gasteiger partial charge is 0.253 e. The highest BCUT2D eigenvalue weighted by Gasteiger charge is 2.28. The molecule has 0 aromatic heterocycles. The predicted molar refractivity (Wildman–Crippen MR) is 104 cm³/mol. The van der Waals surface area contributed by atoms with Crippen molar-refractivity contribution in [3.05, 3.63) is 42.5 Å². The maximum absolute atomic E-state index is 12.6. The van der Waals surface area contributed by atoms with Crippen LogP contribution < -0.4 is 10.0 Å². The Kier molecular flexibility index (Phi) is 7.15. The molecule has 148 valence electrons. The summed E-state index contributed by atoms with van der Waals surface area (Å²) in [4.78, 5) is 26.5. The predicted octanol–water partition coefficient (Wildman–Crippen LogP) is 1.53. The van der Waals surface area contributed by atoms with Gasteiger partial charge in [0.1, 0.15) is 0 Å². The lowest BCUT2D eigenvalue weighted by atomic mass is 9.95. The van der Waals surface area contributed by atoms with Gasteiger partial charge in [0.15, 0.2) is 0 Å². The third-order valence-electron chi connectivity index (χ3n) is 4.41. The van der Waals surface area contributed by atoms with E-state index in [0.29, 0.717) is 31.5 Å². The van der Waals surface area contributed by atoms with Gasteiger partial charge in [-0.3, -0.25) is 9.59 Å². The van der Waals surface area contributed by atoms with Gasteiger partial charge in [0.05, 0.1) is 4.90 Å². The highest BCUT2D eigenvalue weighted by atomic mass is 32.2. The molecule has 0 radical (unpaired) electrons. The van der Waals surface area contributed by atoms with Crippen LogP contribution in [0.2, 0.25) is 0 Å². The molecule has 1 aromatic rings. The second-order valence-electron chi connectivity index (χ2n) is 6.89. The van der Waals surface area contributed by atoms with Crippen LogP contribution in [0.3, 0.4) is 0 Å². The van der Waals surface area contributed by atoms with Crippen molar-refractivity contribution < 1.29 is 18.0 Å². The lowest BCUT2D eigenvalue weighted by Crippen LogP contribution is -2.44. The SMILES string of the molecule is C=CCNS(=O)(=O)c1ccc(C(=O)N2CCC(C(=O)NC(C)C)CC2)cc1. The number of amides is 2. The molecule has 27 heavy (non-hydrogen) atoms. The summed E-state index contributed by atoms with van der Waals surface area (Å²) < 4.78 is 26.5. The molecular formula is C19H27N3O4S. The van der Waals surface area contributed by atoms with Crippen LogP contribution in [0, 0.1) is 5.92 Å². The van der Waals surface area contributed by atoms with Crippen molar-refractivity contribution in [2.45, 2.75) is 37.6 Å². The van der Waals surface area contributed by atoms with E-state index in [1.807, 2.05) is 13.8 Å². The molecule has 0 spiro atoms. The Balaban J connectivity index is 1.97. The van der Waals surface area contributed by atoms with Crippen molar-refractivity contribution >= 4 is 21.8 Å². The van der Waals surface area contributed by atoms with E-state index in [9.17, 15) is 18.0 Å². The van der Waals surface area contributed by atoms with Gasteiger partial charge in [0.25, 0.3) is 5.91 Å². The van der Waals surface area contributed by atoms with Crippen LogP contribution in [0.5, 0.6) is 0 Å². The van der Waals surface area contributed by atoms with E-state index >= 15 is 0 Å². The maximum atomic E-state index is 12.6. The van der Waals surface area contributed by atoms with Gasteiger partial charge in [0.2, 0.25) is 15.9 Å². The quantitative estimate of drug-likeness (QED) is 0.687. The number of carbonyl (C=O) groups excluding carboxylic acids is 2. The van der Waals surface area contributed by atoms with E-state index < -0.39 is 10.0 Å². The zero-order chi connectivity index (χ0) is 20.0. The second-order valence-corrected chi connectivity index (χ2v) is 8.66. The van der Waals surface area contributed by atoms with Crippen LogP contribution in [-0.4, -0.2) is 50.8 Å². The summed E-state index contributed by atoms with van der Waals surface area (Å²) >= 11 is 0. The van der Waals surface area contributed by atoms with E-state index in [1.165, 1.54) is 30.3 Å². The first-order valence-corrected chi connectivity index (χ1v) is 10.5. The molecule has 8 heteroatoms. The average molecular weight is 394 g/mol. The summed E-state index contributed by atoms with van der Waals surface area (Å²) in [7, 11) is -3.61. The van der Waals surface area contributed by atoms with E-state index in [-0.39, 0.29) is 35.2 Å². The molecule has 0 atom stereocenters. The molecule has 0 bridgehead atoms. The van der Waals surface area contributed by atoms with Crippen molar-refractivity contribution in [1.29, 1.82) is 0 Å². The number of nitrogens with zero attached hydrogens (tertiary/aromatic N) is 1. The largest absolute Gasteiger partial charge is 0.354 e. The number of hydrogen-bond acceptors (Lipinski definition) is 4. The Labute approximate surface area is 160 Å². The molecule has 2 amide bonds. The van der Waals surface area contributed by atoms with E-state index in [1.54, 1.807) is 4.90 Å². The molecule has 1 fully saturated rings. The van der Waals surface area contributed by atoms with Crippen LogP contribution >= 0.6 is 0 Å². The number of rotatable bonds is 7. The van der Waals surface area contributed by atoms with Gasteiger partial charge in [-0.25, -0.2) is 13.1 Å². The fourth-order valence-electron chi connectivity index (χ4n) is 2.96. The average Bonchev–Trinajstić information content (AvgIpc) is 2.65. The Morgan fingerprint density at radius 2 is 1.81 bits per heavy atom. The normalized spacial score (nSPS) is 15.6. The topological polar surface area (TPSA) is 95.6 Å². The molecule has 2 rings (SSSR count). The first-order valence-electron chi connectivity index (χ1n) is 9.05. The number of hydrogen-bond donors (Lipinski definition) is 2. The minimum Gasteiger partial charge on any atom is -0.354 e. The number of piperidine rings is 1. The lowest BCUT2D eigenvalue weighted by Gasteiger charge is -2.31. The molecule has 1 heterocycles. The standard InChI is InChI=1S/C19H27N3O4S/c1-4-11-20-27(25,26)17-7-5-16(6-8-17)19(24)22-12-9-15(10-13-22)18(23)21-14(2)3/h4-8,14-15,20H,1,9-13H2,2-3H3,(H,21,23). The number of carbonyl (C=O) groups is 2. The maximum Gasteiger partial charge on any atom is 0.253 e. The van der Waals surface area contributed by atoms with Crippen LogP contribution in [0.25, 0.3) is 0 Å². The van der Waals surface area contributed by atoms with Crippen molar-refractivity contribution in [2.24, 2.45) is 5.92 Å². The van der Waals surface area contributed by atoms with Gasteiger partial charge in [0, 0.05) is 37.2 Å². The molecule has 0 saturated carbocycles. The summed E-state index contributed by atoms with van der Waals surface area (Å²) in [5.41, 5.74) is 0.433. The molecule has 1 aliphatic heterocycles.